The van der Waals surface area contributed by atoms with Gasteiger partial charge in [0.1, 0.15) is 0 Å². The molecule has 1 aliphatic heterocycles. The lowest BCUT2D eigenvalue weighted by molar-refractivity contribution is -0.0586. The Balaban J connectivity index is 1.89. The summed E-state index contributed by atoms with van der Waals surface area (Å²) in [6, 6.07) is 9.50. The molecular weight excluding hydrogens is 412 g/mol. The minimum absolute atomic E-state index is 0.0159. The van der Waals surface area contributed by atoms with Gasteiger partial charge in [-0.2, -0.15) is 0 Å². The van der Waals surface area contributed by atoms with E-state index in [9.17, 15) is 13.2 Å². The van der Waals surface area contributed by atoms with Gasteiger partial charge in [0.15, 0.2) is 0 Å². The first-order valence-electron chi connectivity index (χ1n) is 9.41. The monoisotopic (exact) mass is 436 g/mol. The molecule has 1 fully saturated rings. The van der Waals surface area contributed by atoms with E-state index < -0.39 is 10.0 Å². The lowest BCUT2D eigenvalue weighted by Crippen LogP contribution is -2.48. The van der Waals surface area contributed by atoms with Gasteiger partial charge in [0.05, 0.1) is 27.7 Å². The van der Waals surface area contributed by atoms with Gasteiger partial charge in [0.2, 0.25) is 0 Å². The number of hydrogen-bond acceptors (Lipinski definition) is 4. The highest BCUT2D eigenvalue weighted by atomic mass is 35.5. The zero-order chi connectivity index (χ0) is 21.3. The number of carbonyl (C=O) groups excluding carboxylic acids is 1. The molecule has 1 amide bonds. The molecule has 1 aliphatic rings. The number of benzene rings is 2. The molecule has 0 aromatic heterocycles. The molecule has 0 radical (unpaired) electrons. The average Bonchev–Trinajstić information content (AvgIpc) is 2.63. The van der Waals surface area contributed by atoms with E-state index in [0.29, 0.717) is 18.8 Å². The minimum Gasteiger partial charge on any atom is -0.372 e. The van der Waals surface area contributed by atoms with Gasteiger partial charge >= 0.3 is 0 Å². The number of carbonyl (C=O) groups is 1. The Hall–Kier alpha value is -2.09. The van der Waals surface area contributed by atoms with Gasteiger partial charge in [0.25, 0.3) is 15.9 Å². The molecule has 0 aliphatic carbocycles. The molecule has 2 aromatic rings. The Bertz CT molecular complexity index is 1030. The molecule has 2 atom stereocenters. The van der Waals surface area contributed by atoms with Crippen molar-refractivity contribution < 1.29 is 17.9 Å². The van der Waals surface area contributed by atoms with Crippen LogP contribution in [-0.2, 0) is 14.8 Å². The summed E-state index contributed by atoms with van der Waals surface area (Å²) in [4.78, 5) is 14.6. The van der Waals surface area contributed by atoms with E-state index in [-0.39, 0.29) is 33.6 Å². The summed E-state index contributed by atoms with van der Waals surface area (Å²) in [6.45, 7) is 8.52. The summed E-state index contributed by atoms with van der Waals surface area (Å²) < 4.78 is 34.0. The lowest BCUT2D eigenvalue weighted by atomic mass is 10.1. The van der Waals surface area contributed by atoms with E-state index in [1.54, 1.807) is 17.0 Å². The first-order chi connectivity index (χ1) is 13.6. The third-order valence-electron chi connectivity index (χ3n) is 4.94. The number of hydrogen-bond donors (Lipinski definition) is 1. The number of amides is 1. The number of rotatable bonds is 4. The summed E-state index contributed by atoms with van der Waals surface area (Å²) in [5.41, 5.74) is 2.68. The molecule has 0 spiro atoms. The number of sulfonamides is 1. The molecule has 2 aromatic carbocycles. The number of morpholine rings is 1. The zero-order valence-corrected chi connectivity index (χ0v) is 18.5. The van der Waals surface area contributed by atoms with E-state index in [1.165, 1.54) is 18.2 Å². The Morgan fingerprint density at radius 3 is 2.34 bits per heavy atom. The van der Waals surface area contributed by atoms with Crippen molar-refractivity contribution in [1.82, 2.24) is 4.90 Å². The van der Waals surface area contributed by atoms with Gasteiger partial charge < -0.3 is 9.64 Å². The Kier molecular flexibility index (Phi) is 6.22. The molecule has 156 valence electrons. The van der Waals surface area contributed by atoms with Crippen molar-refractivity contribution in [2.24, 2.45) is 0 Å². The summed E-state index contributed by atoms with van der Waals surface area (Å²) in [5, 5.41) is 0.215. The maximum atomic E-state index is 13.0. The van der Waals surface area contributed by atoms with Gasteiger partial charge in [0, 0.05) is 18.8 Å². The van der Waals surface area contributed by atoms with Gasteiger partial charge in [-0.3, -0.25) is 9.52 Å². The molecule has 0 bridgehead atoms. The highest BCUT2D eigenvalue weighted by molar-refractivity contribution is 7.92. The van der Waals surface area contributed by atoms with Crippen molar-refractivity contribution >= 4 is 33.2 Å². The maximum Gasteiger partial charge on any atom is 0.261 e. The standard InChI is InChI=1S/C21H25ClN2O4S/c1-13-5-6-17(9-14(13)2)23-29(26,27)18-7-8-20(22)19(10-18)21(25)24-11-15(3)28-16(4)12-24/h5-10,15-16,23H,11-12H2,1-4H3/t15-,16-/m0/s1. The molecule has 1 N–H and O–H groups in total. The van der Waals surface area contributed by atoms with Crippen LogP contribution in [0.15, 0.2) is 41.3 Å². The Morgan fingerprint density at radius 1 is 1.07 bits per heavy atom. The quantitative estimate of drug-likeness (QED) is 0.785. The maximum absolute atomic E-state index is 13.0. The van der Waals surface area contributed by atoms with Crippen LogP contribution in [0.3, 0.4) is 0 Å². The van der Waals surface area contributed by atoms with E-state index in [0.717, 1.165) is 11.1 Å². The molecule has 1 saturated heterocycles. The van der Waals surface area contributed by atoms with Crippen LogP contribution in [0.5, 0.6) is 0 Å². The zero-order valence-electron chi connectivity index (χ0n) is 16.9. The van der Waals surface area contributed by atoms with Crippen molar-refractivity contribution in [1.29, 1.82) is 0 Å². The molecule has 0 saturated carbocycles. The smallest absolute Gasteiger partial charge is 0.261 e. The van der Waals surface area contributed by atoms with Crippen LogP contribution in [0.1, 0.15) is 35.3 Å². The van der Waals surface area contributed by atoms with Gasteiger partial charge in [-0.25, -0.2) is 8.42 Å². The Morgan fingerprint density at radius 2 is 1.72 bits per heavy atom. The average molecular weight is 437 g/mol. The number of nitrogens with one attached hydrogen (secondary N) is 1. The Labute approximate surface area is 176 Å². The van der Waals surface area contributed by atoms with Crippen molar-refractivity contribution in [3.8, 4) is 0 Å². The lowest BCUT2D eigenvalue weighted by Gasteiger charge is -2.35. The predicted molar refractivity (Wildman–Crippen MR) is 114 cm³/mol. The molecule has 29 heavy (non-hydrogen) atoms. The van der Waals surface area contributed by atoms with Gasteiger partial charge in [-0.15, -0.1) is 0 Å². The summed E-state index contributed by atoms with van der Waals surface area (Å²) in [6.07, 6.45) is -0.195. The van der Waals surface area contributed by atoms with Crippen molar-refractivity contribution in [2.75, 3.05) is 17.8 Å². The van der Waals surface area contributed by atoms with Crippen LogP contribution in [0.2, 0.25) is 5.02 Å². The van der Waals surface area contributed by atoms with Crippen molar-refractivity contribution in [3.63, 3.8) is 0 Å². The third kappa shape index (κ3) is 4.91. The van der Waals surface area contributed by atoms with Gasteiger partial charge in [-0.05, 0) is 69.2 Å². The van der Waals surface area contributed by atoms with Crippen LogP contribution in [0, 0.1) is 13.8 Å². The number of halogens is 1. The minimum atomic E-state index is -3.87. The van der Waals surface area contributed by atoms with Crippen LogP contribution >= 0.6 is 11.6 Å². The second kappa shape index (κ2) is 8.34. The predicted octanol–water partition coefficient (Wildman–Crippen LogP) is 4.01. The van der Waals surface area contributed by atoms with Gasteiger partial charge in [-0.1, -0.05) is 17.7 Å². The summed E-state index contributed by atoms with van der Waals surface area (Å²) >= 11 is 6.24. The highest BCUT2D eigenvalue weighted by Gasteiger charge is 2.28. The van der Waals surface area contributed by atoms with E-state index in [2.05, 4.69) is 4.72 Å². The normalized spacial score (nSPS) is 19.8. The largest absolute Gasteiger partial charge is 0.372 e. The summed E-state index contributed by atoms with van der Waals surface area (Å²) in [7, 11) is -3.87. The SMILES string of the molecule is Cc1ccc(NS(=O)(=O)c2ccc(Cl)c(C(=O)N3C[C@H](C)O[C@@H](C)C3)c2)cc1C. The fourth-order valence-electron chi connectivity index (χ4n) is 3.37. The number of aryl methyl sites for hydroxylation is 2. The first-order valence-corrected chi connectivity index (χ1v) is 11.3. The highest BCUT2D eigenvalue weighted by Crippen LogP contribution is 2.25. The first kappa shape index (κ1) is 21.6. The van der Waals surface area contributed by atoms with Crippen LogP contribution in [0.4, 0.5) is 5.69 Å². The molecule has 6 nitrogen and oxygen atoms in total. The summed E-state index contributed by atoms with van der Waals surface area (Å²) in [5.74, 6) is -0.305. The molecule has 0 unspecified atom stereocenters. The van der Waals surface area contributed by atoms with Crippen LogP contribution in [-0.4, -0.2) is 44.5 Å². The second-order valence-corrected chi connectivity index (χ2v) is 9.60. The fraction of sp³-hybridized carbons (Fsp3) is 0.381. The van der Waals surface area contributed by atoms with E-state index in [1.807, 2.05) is 33.8 Å². The second-order valence-electron chi connectivity index (χ2n) is 7.51. The van der Waals surface area contributed by atoms with Crippen molar-refractivity contribution in [2.45, 2.75) is 44.8 Å². The van der Waals surface area contributed by atoms with Crippen molar-refractivity contribution in [3.05, 3.63) is 58.1 Å². The third-order valence-corrected chi connectivity index (χ3v) is 6.65. The molecule has 1 heterocycles. The van der Waals surface area contributed by atoms with E-state index in [4.69, 9.17) is 16.3 Å². The topological polar surface area (TPSA) is 75.7 Å². The number of ether oxygens (including phenoxy) is 1. The number of nitrogens with zero attached hydrogens (tertiary/aromatic N) is 1. The fourth-order valence-corrected chi connectivity index (χ4v) is 4.64. The molecule has 3 rings (SSSR count). The molecule has 8 heteroatoms. The molecular formula is C21H25ClN2O4S. The van der Waals surface area contributed by atoms with E-state index >= 15 is 0 Å². The van der Waals surface area contributed by atoms with Crippen LogP contribution < -0.4 is 4.72 Å². The van der Waals surface area contributed by atoms with Crippen LogP contribution in [0.25, 0.3) is 0 Å². The number of anilines is 1.